The van der Waals surface area contributed by atoms with E-state index in [2.05, 4.69) is 10.3 Å². The molecule has 0 atom stereocenters. The number of nitrogens with zero attached hydrogens (tertiary/aromatic N) is 1. The van der Waals surface area contributed by atoms with Gasteiger partial charge in [-0.25, -0.2) is 8.42 Å². The van der Waals surface area contributed by atoms with E-state index in [1.165, 1.54) is 6.26 Å². The molecule has 28 heavy (non-hydrogen) atoms. The number of nitrogens with one attached hydrogen (secondary N) is 1. The van der Waals surface area contributed by atoms with Crippen LogP contribution in [-0.4, -0.2) is 25.6 Å². The topological polar surface area (TPSA) is 76.1 Å². The van der Waals surface area contributed by atoms with E-state index in [-0.39, 0.29) is 17.2 Å². The highest BCUT2D eigenvalue weighted by atomic mass is 32.2. The number of hydrogen-bond donors (Lipinski definition) is 1. The van der Waals surface area contributed by atoms with Gasteiger partial charge in [0.1, 0.15) is 0 Å². The Balaban J connectivity index is 1.60. The molecule has 1 heterocycles. The first kappa shape index (κ1) is 19.8. The van der Waals surface area contributed by atoms with Crippen molar-refractivity contribution in [3.05, 3.63) is 83.6 Å². The second-order valence-electron chi connectivity index (χ2n) is 6.79. The van der Waals surface area contributed by atoms with E-state index >= 15 is 0 Å². The van der Waals surface area contributed by atoms with Gasteiger partial charge >= 0.3 is 0 Å². The minimum atomic E-state index is -3.21. The fourth-order valence-electron chi connectivity index (χ4n) is 2.84. The molecule has 1 amide bonds. The lowest BCUT2D eigenvalue weighted by Crippen LogP contribution is -2.24. The number of sulfone groups is 1. The van der Waals surface area contributed by atoms with Crippen LogP contribution >= 0.6 is 0 Å². The van der Waals surface area contributed by atoms with Crippen molar-refractivity contribution in [1.29, 1.82) is 0 Å². The number of aryl methyl sites for hydroxylation is 1. The summed E-state index contributed by atoms with van der Waals surface area (Å²) >= 11 is 0. The predicted octanol–water partition coefficient (Wildman–Crippen LogP) is 3.32. The van der Waals surface area contributed by atoms with Crippen LogP contribution in [0.25, 0.3) is 11.3 Å². The summed E-state index contributed by atoms with van der Waals surface area (Å²) in [5, 5.41) is 2.92. The molecule has 1 aromatic heterocycles. The molecule has 0 aliphatic carbocycles. The van der Waals surface area contributed by atoms with Crippen LogP contribution in [0.2, 0.25) is 0 Å². The van der Waals surface area contributed by atoms with Crippen LogP contribution in [0.3, 0.4) is 0 Å². The largest absolute Gasteiger partial charge is 0.352 e. The summed E-state index contributed by atoms with van der Waals surface area (Å²) in [6, 6.07) is 18.3. The Morgan fingerprint density at radius 3 is 2.36 bits per heavy atom. The second-order valence-corrected chi connectivity index (χ2v) is 8.81. The molecule has 0 radical (unpaired) electrons. The Morgan fingerprint density at radius 1 is 1.00 bits per heavy atom. The molecule has 0 aliphatic heterocycles. The van der Waals surface area contributed by atoms with E-state index in [0.717, 1.165) is 27.9 Å². The first-order valence-electron chi connectivity index (χ1n) is 8.89. The number of aromatic nitrogens is 1. The van der Waals surface area contributed by atoms with Crippen LogP contribution < -0.4 is 5.32 Å². The van der Waals surface area contributed by atoms with E-state index in [0.29, 0.717) is 6.54 Å². The summed E-state index contributed by atoms with van der Waals surface area (Å²) in [6.07, 6.45) is 3.11. The highest BCUT2D eigenvalue weighted by Gasteiger charge is 2.08. The van der Waals surface area contributed by atoms with E-state index in [9.17, 15) is 13.2 Å². The summed E-state index contributed by atoms with van der Waals surface area (Å²) < 4.78 is 23.1. The highest BCUT2D eigenvalue weighted by Crippen LogP contribution is 2.20. The normalized spacial score (nSPS) is 11.2. The molecule has 3 rings (SSSR count). The third-order valence-corrected chi connectivity index (χ3v) is 5.47. The monoisotopic (exact) mass is 394 g/mol. The standard InChI is InChI=1S/C22H22N2O3S/c1-16-4-3-5-17(12-16)15-24-22(25)13-18-6-11-21(23-14-18)19-7-9-20(10-8-19)28(2,26)27/h3-12,14H,13,15H2,1-2H3,(H,24,25). The maximum absolute atomic E-state index is 12.2. The van der Waals surface area contributed by atoms with Crippen molar-refractivity contribution in [2.45, 2.75) is 24.8 Å². The third kappa shape index (κ3) is 5.27. The first-order valence-corrected chi connectivity index (χ1v) is 10.8. The molecule has 0 spiro atoms. The van der Waals surface area contributed by atoms with Gasteiger partial charge in [-0.3, -0.25) is 9.78 Å². The van der Waals surface area contributed by atoms with Gasteiger partial charge in [-0.05, 0) is 36.2 Å². The van der Waals surface area contributed by atoms with Crippen molar-refractivity contribution < 1.29 is 13.2 Å². The van der Waals surface area contributed by atoms with Gasteiger partial charge in [0.2, 0.25) is 5.91 Å². The molecular weight excluding hydrogens is 372 g/mol. The Morgan fingerprint density at radius 2 is 1.75 bits per heavy atom. The average molecular weight is 394 g/mol. The maximum atomic E-state index is 12.2. The molecule has 1 N–H and O–H groups in total. The zero-order valence-electron chi connectivity index (χ0n) is 15.8. The van der Waals surface area contributed by atoms with Crippen LogP contribution in [0, 0.1) is 6.92 Å². The molecule has 5 nitrogen and oxygen atoms in total. The molecule has 0 saturated heterocycles. The molecule has 0 bridgehead atoms. The summed E-state index contributed by atoms with van der Waals surface area (Å²) in [5.74, 6) is -0.0615. The molecule has 3 aromatic rings. The predicted molar refractivity (Wildman–Crippen MR) is 110 cm³/mol. The number of carbonyl (C=O) groups excluding carboxylic acids is 1. The van der Waals surface area contributed by atoms with Crippen LogP contribution in [0.4, 0.5) is 0 Å². The van der Waals surface area contributed by atoms with Crippen molar-refractivity contribution in [2.75, 3.05) is 6.26 Å². The number of amides is 1. The zero-order chi connectivity index (χ0) is 20.1. The first-order chi connectivity index (χ1) is 13.3. The second kappa shape index (κ2) is 8.35. The van der Waals surface area contributed by atoms with Gasteiger partial charge in [-0.15, -0.1) is 0 Å². The molecule has 0 saturated carbocycles. The Bertz CT molecular complexity index is 1070. The summed E-state index contributed by atoms with van der Waals surface area (Å²) in [4.78, 5) is 16.8. The molecule has 0 aliphatic rings. The smallest absolute Gasteiger partial charge is 0.224 e. The van der Waals surface area contributed by atoms with Gasteiger partial charge in [-0.2, -0.15) is 0 Å². The molecule has 2 aromatic carbocycles. The van der Waals surface area contributed by atoms with Crippen molar-refractivity contribution in [3.63, 3.8) is 0 Å². The Labute approximate surface area is 165 Å². The minimum Gasteiger partial charge on any atom is -0.352 e. The summed E-state index contributed by atoms with van der Waals surface area (Å²) in [7, 11) is -3.21. The van der Waals surface area contributed by atoms with E-state index in [1.807, 2.05) is 43.3 Å². The molecule has 6 heteroatoms. The van der Waals surface area contributed by atoms with Gasteiger partial charge in [0.25, 0.3) is 0 Å². The lowest BCUT2D eigenvalue weighted by atomic mass is 10.1. The Kier molecular flexibility index (Phi) is 5.90. The Hall–Kier alpha value is -2.99. The van der Waals surface area contributed by atoms with Gasteiger partial charge in [-0.1, -0.05) is 48.0 Å². The number of pyridine rings is 1. The van der Waals surface area contributed by atoms with Gasteiger partial charge < -0.3 is 5.32 Å². The van der Waals surface area contributed by atoms with Gasteiger partial charge in [0.05, 0.1) is 17.0 Å². The maximum Gasteiger partial charge on any atom is 0.224 e. The average Bonchev–Trinajstić information content (AvgIpc) is 2.67. The van der Waals surface area contributed by atoms with Gasteiger partial charge in [0, 0.05) is 24.6 Å². The quantitative estimate of drug-likeness (QED) is 0.696. The van der Waals surface area contributed by atoms with E-state index < -0.39 is 9.84 Å². The molecule has 0 unspecified atom stereocenters. The van der Waals surface area contributed by atoms with Crippen molar-refractivity contribution >= 4 is 15.7 Å². The number of hydrogen-bond acceptors (Lipinski definition) is 4. The number of benzene rings is 2. The van der Waals surface area contributed by atoms with Crippen LogP contribution in [0.5, 0.6) is 0 Å². The van der Waals surface area contributed by atoms with E-state index in [4.69, 9.17) is 0 Å². The van der Waals surface area contributed by atoms with Crippen molar-refractivity contribution in [1.82, 2.24) is 10.3 Å². The summed E-state index contributed by atoms with van der Waals surface area (Å²) in [5.41, 5.74) is 4.60. The van der Waals surface area contributed by atoms with Crippen molar-refractivity contribution in [2.24, 2.45) is 0 Å². The van der Waals surface area contributed by atoms with Gasteiger partial charge in [0.15, 0.2) is 9.84 Å². The third-order valence-electron chi connectivity index (χ3n) is 4.34. The van der Waals surface area contributed by atoms with Crippen LogP contribution in [0.1, 0.15) is 16.7 Å². The van der Waals surface area contributed by atoms with Crippen molar-refractivity contribution in [3.8, 4) is 11.3 Å². The SMILES string of the molecule is Cc1cccc(CNC(=O)Cc2ccc(-c3ccc(S(C)(=O)=O)cc3)nc2)c1. The fourth-order valence-corrected chi connectivity index (χ4v) is 3.47. The lowest BCUT2D eigenvalue weighted by molar-refractivity contribution is -0.120. The fraction of sp³-hybridized carbons (Fsp3) is 0.182. The molecule has 144 valence electrons. The van der Waals surface area contributed by atoms with Crippen LogP contribution in [0.15, 0.2) is 71.8 Å². The number of carbonyl (C=O) groups is 1. The van der Waals surface area contributed by atoms with Crippen LogP contribution in [-0.2, 0) is 27.6 Å². The highest BCUT2D eigenvalue weighted by molar-refractivity contribution is 7.90. The lowest BCUT2D eigenvalue weighted by Gasteiger charge is -2.07. The molecule has 0 fully saturated rings. The minimum absolute atomic E-state index is 0.0615. The van der Waals surface area contributed by atoms with E-state index in [1.54, 1.807) is 30.5 Å². The zero-order valence-corrected chi connectivity index (χ0v) is 16.7. The summed E-state index contributed by atoms with van der Waals surface area (Å²) in [6.45, 7) is 2.52. The molecular formula is C22H22N2O3S. The number of rotatable bonds is 6.